The Kier molecular flexibility index (Phi) is 20.6. The van der Waals surface area contributed by atoms with Crippen LogP contribution in [0.15, 0.2) is 0 Å². The first-order valence-corrected chi connectivity index (χ1v) is 17.7. The molecular weight excluding hydrogens is 404 g/mol. The Morgan fingerprint density at radius 1 is 0.562 bits per heavy atom. The van der Waals surface area contributed by atoms with Crippen LogP contribution >= 0.6 is 0 Å². The van der Waals surface area contributed by atoms with Crippen molar-refractivity contribution < 1.29 is 0 Å². The van der Waals surface area contributed by atoms with Gasteiger partial charge in [0.2, 0.25) is 0 Å². The lowest BCUT2D eigenvalue weighted by Gasteiger charge is -2.41. The minimum absolute atomic E-state index is 0.314. The molecule has 2 nitrogen and oxygen atoms in total. The van der Waals surface area contributed by atoms with Gasteiger partial charge in [-0.1, -0.05) is 143 Å². The number of hydrogen-bond acceptors (Lipinski definition) is 2. The molecule has 0 aromatic heterocycles. The maximum absolute atomic E-state index is 6.56. The molecule has 0 spiro atoms. The van der Waals surface area contributed by atoms with Gasteiger partial charge in [-0.2, -0.15) is 0 Å². The number of nitrogens with two attached hydrogens (primary N) is 2. The largest absolute Gasteiger partial charge is 0.330 e. The van der Waals surface area contributed by atoms with Gasteiger partial charge in [-0.25, -0.2) is 0 Å². The van der Waals surface area contributed by atoms with Gasteiger partial charge in [0.15, 0.2) is 0 Å². The molecule has 0 saturated carbocycles. The quantitative estimate of drug-likeness (QED) is 0.147. The van der Waals surface area contributed by atoms with Crippen LogP contribution in [0.1, 0.15) is 131 Å². The Morgan fingerprint density at radius 2 is 0.938 bits per heavy atom. The van der Waals surface area contributed by atoms with Gasteiger partial charge >= 0.3 is 0 Å². The molecule has 0 amide bonds. The van der Waals surface area contributed by atoms with Crippen LogP contribution in [0.4, 0.5) is 0 Å². The van der Waals surface area contributed by atoms with Crippen molar-refractivity contribution in [3.63, 3.8) is 0 Å². The van der Waals surface area contributed by atoms with E-state index < -0.39 is 8.07 Å². The van der Waals surface area contributed by atoms with E-state index in [1.54, 1.807) is 18.1 Å². The summed E-state index contributed by atoms with van der Waals surface area (Å²) >= 11 is 0. The summed E-state index contributed by atoms with van der Waals surface area (Å²) in [5.41, 5.74) is 12.4. The van der Waals surface area contributed by atoms with Crippen LogP contribution in [0.3, 0.4) is 0 Å². The predicted octanol–water partition coefficient (Wildman–Crippen LogP) is 9.15. The van der Waals surface area contributed by atoms with E-state index in [-0.39, 0.29) is 0 Å². The summed E-state index contributed by atoms with van der Waals surface area (Å²) in [5.74, 6) is 2.83. The van der Waals surface area contributed by atoms with Gasteiger partial charge in [-0.05, 0) is 37.1 Å². The zero-order chi connectivity index (χ0) is 24.2. The molecular formula is C29H64N2Si. The highest BCUT2D eigenvalue weighted by Gasteiger charge is 2.38. The van der Waals surface area contributed by atoms with E-state index in [1.165, 1.54) is 89.5 Å². The zero-order valence-corrected chi connectivity index (χ0v) is 24.4. The first-order chi connectivity index (χ1) is 15.4. The van der Waals surface area contributed by atoms with Gasteiger partial charge in [0.1, 0.15) is 0 Å². The SMILES string of the molecule is CCCCC(CC)C[Si](CCC(N)CCN)(CC(CC)CCCC)CC(CC)CCCC. The maximum atomic E-state index is 6.56. The molecule has 4 N–H and O–H groups in total. The van der Waals surface area contributed by atoms with Crippen molar-refractivity contribution in [2.24, 2.45) is 29.2 Å². The van der Waals surface area contributed by atoms with E-state index in [2.05, 4.69) is 41.5 Å². The van der Waals surface area contributed by atoms with Gasteiger partial charge in [0, 0.05) is 6.04 Å². The summed E-state index contributed by atoms with van der Waals surface area (Å²) in [6.07, 6.45) is 19.0. The first kappa shape index (κ1) is 32.1. The molecule has 0 aromatic carbocycles. The maximum Gasteiger partial charge on any atom is 0.0544 e. The molecule has 0 aliphatic heterocycles. The third-order valence-corrected chi connectivity index (χ3v) is 14.1. The van der Waals surface area contributed by atoms with Crippen molar-refractivity contribution in [2.75, 3.05) is 6.54 Å². The highest BCUT2D eigenvalue weighted by atomic mass is 28.3. The van der Waals surface area contributed by atoms with Crippen LogP contribution in [0.5, 0.6) is 0 Å². The molecule has 0 fully saturated rings. The summed E-state index contributed by atoms with van der Waals surface area (Å²) in [4.78, 5) is 0. The summed E-state index contributed by atoms with van der Waals surface area (Å²) in [7, 11) is -1.41. The van der Waals surface area contributed by atoms with Crippen LogP contribution < -0.4 is 11.5 Å². The van der Waals surface area contributed by atoms with Crippen molar-refractivity contribution in [3.05, 3.63) is 0 Å². The standard InChI is InChI=1S/C29H64N2Si/c1-7-13-16-26(10-4)23-32(22-20-29(31)19-21-30,24-27(11-5)17-14-8-2)25-28(12-6)18-15-9-3/h26-29H,7-25,30-31H2,1-6H3. The molecule has 0 bridgehead atoms. The van der Waals surface area contributed by atoms with E-state index in [9.17, 15) is 0 Å². The fraction of sp³-hybridized carbons (Fsp3) is 1.00. The van der Waals surface area contributed by atoms with E-state index >= 15 is 0 Å². The fourth-order valence-electron chi connectivity index (χ4n) is 6.07. The summed E-state index contributed by atoms with van der Waals surface area (Å²) in [6, 6.07) is 6.49. The molecule has 4 atom stereocenters. The summed E-state index contributed by atoms with van der Waals surface area (Å²) < 4.78 is 0. The lowest BCUT2D eigenvalue weighted by Crippen LogP contribution is -2.42. The smallest absolute Gasteiger partial charge is 0.0544 e. The van der Waals surface area contributed by atoms with Gasteiger partial charge < -0.3 is 11.5 Å². The predicted molar refractivity (Wildman–Crippen MR) is 151 cm³/mol. The van der Waals surface area contributed by atoms with Gasteiger partial charge in [-0.15, -0.1) is 0 Å². The molecule has 32 heavy (non-hydrogen) atoms. The van der Waals surface area contributed by atoms with Crippen LogP contribution in [0, 0.1) is 17.8 Å². The minimum atomic E-state index is -1.41. The first-order valence-electron chi connectivity index (χ1n) is 14.9. The highest BCUT2D eigenvalue weighted by molar-refractivity contribution is 6.80. The van der Waals surface area contributed by atoms with Gasteiger partial charge in [0.05, 0.1) is 8.07 Å². The summed E-state index contributed by atoms with van der Waals surface area (Å²) in [5, 5.41) is 0. The van der Waals surface area contributed by atoms with Crippen LogP contribution in [0.25, 0.3) is 0 Å². The number of unbranched alkanes of at least 4 members (excludes halogenated alkanes) is 3. The summed E-state index contributed by atoms with van der Waals surface area (Å²) in [6.45, 7) is 15.2. The normalized spacial score (nSPS) is 17.6. The second kappa shape index (κ2) is 20.5. The Bertz CT molecular complexity index is 355. The van der Waals surface area contributed by atoms with Crippen LogP contribution in [-0.2, 0) is 0 Å². The van der Waals surface area contributed by atoms with E-state index in [1.807, 2.05) is 0 Å². The monoisotopic (exact) mass is 468 g/mol. The second-order valence-electron chi connectivity index (χ2n) is 11.2. The van der Waals surface area contributed by atoms with Crippen LogP contribution in [-0.4, -0.2) is 20.7 Å². The van der Waals surface area contributed by atoms with E-state index in [4.69, 9.17) is 11.5 Å². The van der Waals surface area contributed by atoms with Crippen LogP contribution in [0.2, 0.25) is 24.2 Å². The fourth-order valence-corrected chi connectivity index (χ4v) is 13.3. The topological polar surface area (TPSA) is 52.0 Å². The average molecular weight is 469 g/mol. The van der Waals surface area contributed by atoms with Crippen molar-refractivity contribution in [1.29, 1.82) is 0 Å². The minimum Gasteiger partial charge on any atom is -0.330 e. The van der Waals surface area contributed by atoms with Gasteiger partial charge in [0.25, 0.3) is 0 Å². The highest BCUT2D eigenvalue weighted by Crippen LogP contribution is 2.42. The Morgan fingerprint density at radius 3 is 1.22 bits per heavy atom. The Hall–Kier alpha value is 0.137. The third kappa shape index (κ3) is 14.4. The van der Waals surface area contributed by atoms with E-state index in [0.717, 1.165) is 30.7 Å². The molecule has 0 saturated heterocycles. The van der Waals surface area contributed by atoms with Gasteiger partial charge in [-0.3, -0.25) is 0 Å². The molecule has 0 radical (unpaired) electrons. The molecule has 0 aliphatic carbocycles. The van der Waals surface area contributed by atoms with E-state index in [0.29, 0.717) is 6.04 Å². The van der Waals surface area contributed by atoms with Crippen molar-refractivity contribution >= 4 is 8.07 Å². The third-order valence-electron chi connectivity index (χ3n) is 8.38. The Labute approximate surface area is 205 Å². The molecule has 0 aliphatic rings. The molecule has 194 valence electrons. The van der Waals surface area contributed by atoms with Crippen molar-refractivity contribution in [1.82, 2.24) is 0 Å². The molecule has 0 aromatic rings. The number of hydrogen-bond donors (Lipinski definition) is 2. The molecule has 0 heterocycles. The number of rotatable bonds is 23. The Balaban J connectivity index is 5.86. The molecule has 4 unspecified atom stereocenters. The average Bonchev–Trinajstić information content (AvgIpc) is 2.80. The second-order valence-corrected chi connectivity index (χ2v) is 16.0. The van der Waals surface area contributed by atoms with Crippen molar-refractivity contribution in [2.45, 2.75) is 162 Å². The lowest BCUT2D eigenvalue weighted by molar-refractivity contribution is 0.441. The molecule has 3 heteroatoms. The molecule has 0 rings (SSSR count). The zero-order valence-electron chi connectivity index (χ0n) is 23.4. The van der Waals surface area contributed by atoms with Crippen molar-refractivity contribution in [3.8, 4) is 0 Å². The lowest BCUT2D eigenvalue weighted by atomic mass is 10.0.